The minimum absolute atomic E-state index is 0.0546. The first-order valence-corrected chi connectivity index (χ1v) is 7.01. The summed E-state index contributed by atoms with van der Waals surface area (Å²) in [7, 11) is 0. The van der Waals surface area contributed by atoms with Crippen molar-refractivity contribution in [2.75, 3.05) is 25.0 Å². The number of carbonyl (C=O) groups is 1. The van der Waals surface area contributed by atoms with E-state index in [-0.39, 0.29) is 5.41 Å². The van der Waals surface area contributed by atoms with Gasteiger partial charge in [-0.15, -0.1) is 0 Å². The maximum Gasteiger partial charge on any atom is 0.407 e. The Labute approximate surface area is 121 Å². The Bertz CT molecular complexity index is 455. The molecule has 0 unspecified atom stereocenters. The first-order chi connectivity index (χ1) is 8.88. The summed E-state index contributed by atoms with van der Waals surface area (Å²) in [4.78, 5) is 16.4. The van der Waals surface area contributed by atoms with E-state index >= 15 is 0 Å². The van der Waals surface area contributed by atoms with Crippen LogP contribution in [-0.4, -0.2) is 40.7 Å². The molecule has 0 radical (unpaired) electrons. The fourth-order valence-electron chi connectivity index (χ4n) is 2.08. The second kappa shape index (κ2) is 5.36. The number of nitrogens with one attached hydrogen (secondary N) is 1. The third-order valence-corrected chi connectivity index (χ3v) is 4.20. The number of carboxylic acid groups (broad SMARTS) is 1. The Balaban J connectivity index is 1.85. The minimum atomic E-state index is -0.822. The van der Waals surface area contributed by atoms with E-state index < -0.39 is 6.09 Å². The molecule has 0 bridgehead atoms. The molecule has 0 saturated carbocycles. The van der Waals surface area contributed by atoms with E-state index in [1.54, 1.807) is 6.20 Å². The molecule has 5 nitrogen and oxygen atoms in total. The molecule has 1 aromatic heterocycles. The van der Waals surface area contributed by atoms with Gasteiger partial charge in [0.05, 0.1) is 11.9 Å². The van der Waals surface area contributed by atoms with Gasteiger partial charge in [-0.3, -0.25) is 0 Å². The summed E-state index contributed by atoms with van der Waals surface area (Å²) in [6.07, 6.45) is 0.960. The van der Waals surface area contributed by atoms with Crippen LogP contribution in [0.15, 0.2) is 22.9 Å². The topological polar surface area (TPSA) is 65.5 Å². The second-order valence-corrected chi connectivity index (χ2v) is 6.41. The molecule has 1 aliphatic heterocycles. The zero-order chi connectivity index (χ0) is 14.0. The van der Waals surface area contributed by atoms with Crippen molar-refractivity contribution < 1.29 is 9.90 Å². The molecule has 2 heterocycles. The van der Waals surface area contributed by atoms with Gasteiger partial charge in [-0.25, -0.2) is 9.78 Å². The lowest BCUT2D eigenvalue weighted by atomic mass is 9.74. The average molecular weight is 328 g/mol. The number of pyridine rings is 1. The first kappa shape index (κ1) is 14.1. The average Bonchev–Trinajstić information content (AvgIpc) is 2.25. The number of amides is 1. The number of hydrogen-bond acceptors (Lipinski definition) is 3. The van der Waals surface area contributed by atoms with Crippen LogP contribution in [0.3, 0.4) is 0 Å². The predicted molar refractivity (Wildman–Crippen MR) is 77.3 cm³/mol. The van der Waals surface area contributed by atoms with Gasteiger partial charge in [0.25, 0.3) is 0 Å². The number of halogens is 1. The summed E-state index contributed by atoms with van der Waals surface area (Å²) in [6.45, 7) is 6.38. The number of aromatic nitrogens is 1. The molecule has 1 aromatic rings. The van der Waals surface area contributed by atoms with Crippen LogP contribution in [0.2, 0.25) is 0 Å². The maximum atomic E-state index is 10.8. The van der Waals surface area contributed by atoms with Gasteiger partial charge >= 0.3 is 6.09 Å². The van der Waals surface area contributed by atoms with Crippen molar-refractivity contribution in [3.05, 3.63) is 22.9 Å². The molecule has 104 valence electrons. The summed E-state index contributed by atoms with van der Waals surface area (Å²) >= 11 is 3.30. The molecule has 0 aromatic carbocycles. The molecule has 0 spiro atoms. The van der Waals surface area contributed by atoms with Gasteiger partial charge in [-0.2, -0.15) is 0 Å². The van der Waals surface area contributed by atoms with Gasteiger partial charge in [0.1, 0.15) is 4.60 Å². The van der Waals surface area contributed by atoms with Crippen LogP contribution in [0, 0.1) is 11.3 Å². The molecule has 6 heteroatoms. The van der Waals surface area contributed by atoms with Crippen LogP contribution in [-0.2, 0) is 0 Å². The fraction of sp³-hybridized carbons (Fsp3) is 0.538. The molecule has 1 fully saturated rings. The van der Waals surface area contributed by atoms with E-state index in [4.69, 9.17) is 5.11 Å². The Kier molecular flexibility index (Phi) is 3.99. The summed E-state index contributed by atoms with van der Waals surface area (Å²) in [5, 5.41) is 12.2. The molecule has 1 amide bonds. The number of rotatable bonds is 4. The molecule has 19 heavy (non-hydrogen) atoms. The first-order valence-electron chi connectivity index (χ1n) is 6.22. The minimum Gasteiger partial charge on any atom is -0.465 e. The van der Waals surface area contributed by atoms with E-state index in [0.29, 0.717) is 19.0 Å². The zero-order valence-electron chi connectivity index (χ0n) is 11.1. The number of anilines is 1. The third kappa shape index (κ3) is 3.37. The number of nitrogens with zero attached hydrogens (tertiary/aromatic N) is 2. The maximum absolute atomic E-state index is 10.8. The molecule has 1 aliphatic rings. The van der Waals surface area contributed by atoms with Crippen molar-refractivity contribution in [3.63, 3.8) is 0 Å². The van der Waals surface area contributed by atoms with Crippen LogP contribution >= 0.6 is 15.9 Å². The zero-order valence-corrected chi connectivity index (χ0v) is 12.6. The quantitative estimate of drug-likeness (QED) is 0.834. The molecule has 0 aliphatic carbocycles. The van der Waals surface area contributed by atoms with E-state index in [0.717, 1.165) is 16.8 Å². The van der Waals surface area contributed by atoms with E-state index in [1.807, 2.05) is 12.1 Å². The molecule has 2 N–H and O–H groups in total. The highest BCUT2D eigenvalue weighted by molar-refractivity contribution is 9.10. The van der Waals surface area contributed by atoms with Gasteiger partial charge in [0.15, 0.2) is 0 Å². The second-order valence-electron chi connectivity index (χ2n) is 5.60. The van der Waals surface area contributed by atoms with Gasteiger partial charge in [0.2, 0.25) is 0 Å². The van der Waals surface area contributed by atoms with E-state index in [2.05, 4.69) is 40.1 Å². The van der Waals surface area contributed by atoms with Crippen molar-refractivity contribution in [2.24, 2.45) is 11.3 Å². The van der Waals surface area contributed by atoms with Crippen molar-refractivity contribution in [2.45, 2.75) is 13.8 Å². The summed E-state index contributed by atoms with van der Waals surface area (Å²) < 4.78 is 0.813. The third-order valence-electron chi connectivity index (χ3n) is 3.73. The highest BCUT2D eigenvalue weighted by atomic mass is 79.9. The van der Waals surface area contributed by atoms with Crippen LogP contribution in [0.1, 0.15) is 13.8 Å². The lowest BCUT2D eigenvalue weighted by Crippen LogP contribution is -2.56. The van der Waals surface area contributed by atoms with Crippen molar-refractivity contribution in [1.82, 2.24) is 9.88 Å². The fourth-order valence-corrected chi connectivity index (χ4v) is 2.32. The molecular weight excluding hydrogens is 310 g/mol. The van der Waals surface area contributed by atoms with Crippen LogP contribution in [0.25, 0.3) is 0 Å². The van der Waals surface area contributed by atoms with Crippen LogP contribution < -0.4 is 5.32 Å². The normalized spacial score (nSPS) is 16.1. The Hall–Kier alpha value is -1.30. The number of hydrogen-bond donors (Lipinski definition) is 2. The van der Waals surface area contributed by atoms with Crippen molar-refractivity contribution in [3.8, 4) is 0 Å². The van der Waals surface area contributed by atoms with Gasteiger partial charge in [0, 0.05) is 25.6 Å². The Morgan fingerprint density at radius 2 is 2.26 bits per heavy atom. The molecule has 1 saturated heterocycles. The largest absolute Gasteiger partial charge is 0.465 e. The summed E-state index contributed by atoms with van der Waals surface area (Å²) in [5.74, 6) is 0.402. The highest BCUT2D eigenvalue weighted by Gasteiger charge is 2.40. The number of likely N-dealkylation sites (tertiary alicyclic amines) is 1. The molecular formula is C13H18BrN3O2. The predicted octanol–water partition coefficient (Wildman–Crippen LogP) is 2.89. The van der Waals surface area contributed by atoms with Crippen LogP contribution in [0.5, 0.6) is 0 Å². The monoisotopic (exact) mass is 327 g/mol. The standard InChI is InChI=1S/C13H18BrN3O2/c1-13(2,9-6-17(7-9)12(18)19)8-16-10-3-4-11(14)15-5-10/h3-5,9,16H,6-8H2,1-2H3,(H,18,19). The van der Waals surface area contributed by atoms with E-state index in [9.17, 15) is 4.79 Å². The van der Waals surface area contributed by atoms with Crippen molar-refractivity contribution >= 4 is 27.7 Å². The van der Waals surface area contributed by atoms with E-state index in [1.165, 1.54) is 4.90 Å². The van der Waals surface area contributed by atoms with Gasteiger partial charge in [-0.1, -0.05) is 13.8 Å². The molecule has 0 atom stereocenters. The van der Waals surface area contributed by atoms with Crippen molar-refractivity contribution in [1.29, 1.82) is 0 Å². The van der Waals surface area contributed by atoms with Gasteiger partial charge in [-0.05, 0) is 33.5 Å². The Morgan fingerprint density at radius 1 is 1.58 bits per heavy atom. The Morgan fingerprint density at radius 3 is 2.79 bits per heavy atom. The lowest BCUT2D eigenvalue weighted by Gasteiger charge is -2.46. The van der Waals surface area contributed by atoms with Crippen LogP contribution in [0.4, 0.5) is 10.5 Å². The summed E-state index contributed by atoms with van der Waals surface area (Å²) in [5.41, 5.74) is 1.03. The summed E-state index contributed by atoms with van der Waals surface area (Å²) in [6, 6.07) is 3.86. The SMILES string of the molecule is CC(C)(CNc1ccc(Br)nc1)C1CN(C(=O)O)C1. The van der Waals surface area contributed by atoms with Gasteiger partial charge < -0.3 is 15.3 Å². The smallest absolute Gasteiger partial charge is 0.407 e. The lowest BCUT2D eigenvalue weighted by molar-refractivity contribution is 0.0276. The molecule has 2 rings (SSSR count). The highest BCUT2D eigenvalue weighted by Crippen LogP contribution is 2.34.